The highest BCUT2D eigenvalue weighted by atomic mass is 32.2. The second kappa shape index (κ2) is 6.92. The summed E-state index contributed by atoms with van der Waals surface area (Å²) in [6.07, 6.45) is 0. The van der Waals surface area contributed by atoms with E-state index in [1.807, 2.05) is 60.3 Å². The monoisotopic (exact) mass is 297 g/mol. The van der Waals surface area contributed by atoms with E-state index in [0.717, 1.165) is 36.3 Å². The van der Waals surface area contributed by atoms with Crippen molar-refractivity contribution in [1.29, 1.82) is 0 Å². The number of rotatable bonds is 4. The van der Waals surface area contributed by atoms with Crippen LogP contribution in [0.4, 0.5) is 0 Å². The summed E-state index contributed by atoms with van der Waals surface area (Å²) < 4.78 is 0. The van der Waals surface area contributed by atoms with Crippen molar-refractivity contribution < 1.29 is 4.79 Å². The molecule has 0 unspecified atom stereocenters. The van der Waals surface area contributed by atoms with Gasteiger partial charge in [0.25, 0.3) is 0 Å². The molecule has 0 aromatic heterocycles. The second-order valence-electron chi connectivity index (χ2n) is 5.24. The molecular formula is C18H19NOS. The minimum atomic E-state index is 0.123. The van der Waals surface area contributed by atoms with Crippen LogP contribution in [0.15, 0.2) is 54.6 Å². The summed E-state index contributed by atoms with van der Waals surface area (Å²) in [6, 6.07) is 17.5. The molecule has 0 amide bonds. The van der Waals surface area contributed by atoms with Gasteiger partial charge in [-0.2, -0.15) is 11.8 Å². The normalized spacial score (nSPS) is 15.8. The molecule has 0 N–H and O–H groups in total. The Morgan fingerprint density at radius 2 is 1.62 bits per heavy atom. The van der Waals surface area contributed by atoms with Gasteiger partial charge in [-0.05, 0) is 5.56 Å². The van der Waals surface area contributed by atoms with Crippen molar-refractivity contribution in [3.8, 4) is 0 Å². The maximum atomic E-state index is 12.7. The highest BCUT2D eigenvalue weighted by molar-refractivity contribution is 7.99. The summed E-state index contributed by atoms with van der Waals surface area (Å²) in [5, 5.41) is 0. The average molecular weight is 297 g/mol. The fourth-order valence-electron chi connectivity index (χ4n) is 2.62. The molecular weight excluding hydrogens is 278 g/mol. The van der Waals surface area contributed by atoms with Crippen LogP contribution >= 0.6 is 11.8 Å². The predicted octanol–water partition coefficient (Wildman–Crippen LogP) is 3.47. The van der Waals surface area contributed by atoms with Crippen LogP contribution in [0.25, 0.3) is 0 Å². The van der Waals surface area contributed by atoms with Gasteiger partial charge in [-0.15, -0.1) is 0 Å². The Labute approximate surface area is 130 Å². The molecule has 3 rings (SSSR count). The molecule has 2 nitrogen and oxygen atoms in total. The first-order chi connectivity index (χ1) is 10.3. The fraction of sp³-hybridized carbons (Fsp3) is 0.278. The Hall–Kier alpha value is -1.58. The van der Waals surface area contributed by atoms with Gasteiger partial charge >= 0.3 is 0 Å². The van der Waals surface area contributed by atoms with E-state index in [9.17, 15) is 4.79 Å². The lowest BCUT2D eigenvalue weighted by atomic mass is 9.98. The lowest BCUT2D eigenvalue weighted by Gasteiger charge is -2.26. The van der Waals surface area contributed by atoms with Gasteiger partial charge in [-0.3, -0.25) is 9.69 Å². The van der Waals surface area contributed by atoms with Crippen LogP contribution in [-0.2, 0) is 6.54 Å². The standard InChI is InChI=1S/C18H19NOS/c20-18(15-6-2-1-3-7-15)17-9-5-4-8-16(17)14-19-10-12-21-13-11-19/h1-9H,10-14H2. The number of benzene rings is 2. The van der Waals surface area contributed by atoms with E-state index in [1.165, 1.54) is 11.5 Å². The van der Waals surface area contributed by atoms with Gasteiger partial charge in [0, 0.05) is 42.3 Å². The third kappa shape index (κ3) is 3.55. The SMILES string of the molecule is O=C(c1ccccc1)c1ccccc1CN1CCSCC1. The topological polar surface area (TPSA) is 20.3 Å². The average Bonchev–Trinajstić information content (AvgIpc) is 2.56. The van der Waals surface area contributed by atoms with E-state index in [0.29, 0.717) is 0 Å². The number of thioether (sulfide) groups is 1. The molecule has 2 aromatic carbocycles. The Kier molecular flexibility index (Phi) is 4.73. The van der Waals surface area contributed by atoms with Crippen LogP contribution in [0.2, 0.25) is 0 Å². The number of nitrogens with zero attached hydrogens (tertiary/aromatic N) is 1. The third-order valence-corrected chi connectivity index (χ3v) is 4.74. The summed E-state index contributed by atoms with van der Waals surface area (Å²) in [7, 11) is 0. The van der Waals surface area contributed by atoms with Crippen LogP contribution < -0.4 is 0 Å². The summed E-state index contributed by atoms with van der Waals surface area (Å²) >= 11 is 2.01. The highest BCUT2D eigenvalue weighted by Crippen LogP contribution is 2.18. The van der Waals surface area contributed by atoms with Crippen LogP contribution in [-0.4, -0.2) is 35.3 Å². The van der Waals surface area contributed by atoms with E-state index in [-0.39, 0.29) is 5.78 Å². The second-order valence-corrected chi connectivity index (χ2v) is 6.47. The molecule has 3 heteroatoms. The minimum absolute atomic E-state index is 0.123. The molecule has 1 aliphatic heterocycles. The molecule has 1 heterocycles. The zero-order chi connectivity index (χ0) is 14.5. The first kappa shape index (κ1) is 14.4. The van der Waals surface area contributed by atoms with Crippen molar-refractivity contribution in [1.82, 2.24) is 4.90 Å². The Morgan fingerprint density at radius 1 is 0.952 bits per heavy atom. The summed E-state index contributed by atoms with van der Waals surface area (Å²) in [5.41, 5.74) is 2.74. The largest absolute Gasteiger partial charge is 0.297 e. The zero-order valence-electron chi connectivity index (χ0n) is 12.0. The molecule has 1 aliphatic rings. The molecule has 0 bridgehead atoms. The quantitative estimate of drug-likeness (QED) is 0.806. The van der Waals surface area contributed by atoms with Gasteiger partial charge in [0.05, 0.1) is 0 Å². The maximum absolute atomic E-state index is 12.7. The van der Waals surface area contributed by atoms with Gasteiger partial charge in [-0.25, -0.2) is 0 Å². The van der Waals surface area contributed by atoms with Gasteiger partial charge in [0.2, 0.25) is 0 Å². The Balaban J connectivity index is 1.83. The van der Waals surface area contributed by atoms with Crippen molar-refractivity contribution in [3.63, 3.8) is 0 Å². The van der Waals surface area contributed by atoms with E-state index in [2.05, 4.69) is 11.0 Å². The molecule has 0 saturated carbocycles. The van der Waals surface area contributed by atoms with Gasteiger partial charge in [-0.1, -0.05) is 54.6 Å². The molecule has 21 heavy (non-hydrogen) atoms. The van der Waals surface area contributed by atoms with E-state index in [4.69, 9.17) is 0 Å². The molecule has 0 spiro atoms. The lowest BCUT2D eigenvalue weighted by molar-refractivity contribution is 0.103. The molecule has 1 fully saturated rings. The van der Waals surface area contributed by atoms with Gasteiger partial charge in [0.1, 0.15) is 0 Å². The first-order valence-corrected chi connectivity index (χ1v) is 8.48. The Morgan fingerprint density at radius 3 is 2.38 bits per heavy atom. The third-order valence-electron chi connectivity index (χ3n) is 3.80. The van der Waals surface area contributed by atoms with E-state index >= 15 is 0 Å². The maximum Gasteiger partial charge on any atom is 0.193 e. The molecule has 1 saturated heterocycles. The first-order valence-electron chi connectivity index (χ1n) is 7.32. The molecule has 2 aromatic rings. The van der Waals surface area contributed by atoms with Crippen LogP contribution in [0.5, 0.6) is 0 Å². The van der Waals surface area contributed by atoms with Crippen molar-refractivity contribution in [3.05, 3.63) is 71.3 Å². The van der Waals surface area contributed by atoms with E-state index < -0.39 is 0 Å². The fourth-order valence-corrected chi connectivity index (χ4v) is 3.60. The summed E-state index contributed by atoms with van der Waals surface area (Å²) in [6.45, 7) is 3.09. The molecule has 0 atom stereocenters. The van der Waals surface area contributed by atoms with Gasteiger partial charge < -0.3 is 0 Å². The predicted molar refractivity (Wildman–Crippen MR) is 88.9 cm³/mol. The number of ketones is 1. The van der Waals surface area contributed by atoms with Crippen molar-refractivity contribution in [2.45, 2.75) is 6.54 Å². The Bertz CT molecular complexity index is 606. The molecule has 0 aliphatic carbocycles. The van der Waals surface area contributed by atoms with E-state index in [1.54, 1.807) is 0 Å². The highest BCUT2D eigenvalue weighted by Gasteiger charge is 2.16. The zero-order valence-corrected chi connectivity index (χ0v) is 12.8. The van der Waals surface area contributed by atoms with Crippen LogP contribution in [0.1, 0.15) is 21.5 Å². The van der Waals surface area contributed by atoms with Crippen LogP contribution in [0, 0.1) is 0 Å². The number of carbonyl (C=O) groups is 1. The van der Waals surface area contributed by atoms with Crippen molar-refractivity contribution in [2.75, 3.05) is 24.6 Å². The molecule has 108 valence electrons. The minimum Gasteiger partial charge on any atom is -0.297 e. The number of hydrogen-bond acceptors (Lipinski definition) is 3. The molecule has 0 radical (unpaired) electrons. The number of hydrogen-bond donors (Lipinski definition) is 0. The smallest absolute Gasteiger partial charge is 0.193 e. The van der Waals surface area contributed by atoms with Crippen molar-refractivity contribution in [2.24, 2.45) is 0 Å². The lowest BCUT2D eigenvalue weighted by Crippen LogP contribution is -2.32. The van der Waals surface area contributed by atoms with Crippen molar-refractivity contribution >= 4 is 17.5 Å². The summed E-state index contributed by atoms with van der Waals surface area (Å²) in [4.78, 5) is 15.1. The summed E-state index contributed by atoms with van der Waals surface area (Å²) in [5.74, 6) is 2.50. The van der Waals surface area contributed by atoms with Crippen LogP contribution in [0.3, 0.4) is 0 Å². The number of carbonyl (C=O) groups excluding carboxylic acids is 1. The van der Waals surface area contributed by atoms with Gasteiger partial charge in [0.15, 0.2) is 5.78 Å².